The van der Waals surface area contributed by atoms with Gasteiger partial charge in [-0.3, -0.25) is 9.69 Å². The average molecular weight is 374 g/mol. The fraction of sp³-hybridized carbons (Fsp3) is 0.222. The number of halogens is 1. The van der Waals surface area contributed by atoms with Gasteiger partial charge in [-0.2, -0.15) is 0 Å². The molecule has 0 saturated heterocycles. The van der Waals surface area contributed by atoms with Crippen LogP contribution in [-0.2, 0) is 19.5 Å². The Balaban J connectivity index is 1.59. The van der Waals surface area contributed by atoms with Gasteiger partial charge in [-0.1, -0.05) is 29.8 Å². The van der Waals surface area contributed by atoms with Gasteiger partial charge in [0.15, 0.2) is 5.82 Å². The molecule has 1 aromatic carbocycles. The van der Waals surface area contributed by atoms with Crippen molar-refractivity contribution in [3.63, 3.8) is 0 Å². The van der Waals surface area contributed by atoms with E-state index >= 15 is 0 Å². The first-order valence-corrected chi connectivity index (χ1v) is 9.22. The zero-order valence-electron chi connectivity index (χ0n) is 13.3. The molecule has 3 heterocycles. The first-order chi connectivity index (χ1) is 12.1. The Bertz CT molecular complexity index is 969. The van der Waals surface area contributed by atoms with Gasteiger partial charge >= 0.3 is 0 Å². The number of hydrogen-bond acceptors (Lipinski definition) is 5. The molecule has 7 heteroatoms. The maximum atomic E-state index is 12.5. The molecule has 0 saturated carbocycles. The summed E-state index contributed by atoms with van der Waals surface area (Å²) < 4.78 is 0. The molecule has 5 nitrogen and oxygen atoms in total. The van der Waals surface area contributed by atoms with E-state index in [0.717, 1.165) is 22.7 Å². The van der Waals surface area contributed by atoms with E-state index in [1.165, 1.54) is 0 Å². The highest BCUT2D eigenvalue weighted by Crippen LogP contribution is 2.29. The lowest BCUT2D eigenvalue weighted by Gasteiger charge is -2.28. The number of nitrogens with one attached hydrogen (secondary N) is 1. The Labute approximate surface area is 153 Å². The van der Waals surface area contributed by atoms with E-state index in [9.17, 15) is 9.90 Å². The van der Waals surface area contributed by atoms with Crippen molar-refractivity contribution in [3.05, 3.63) is 67.9 Å². The number of aromatic amines is 1. The van der Waals surface area contributed by atoms with Gasteiger partial charge in [-0.25, -0.2) is 4.98 Å². The molecule has 0 radical (unpaired) electrons. The Hall–Kier alpha value is -2.15. The number of aromatic hydroxyl groups is 1. The number of benzene rings is 1. The average Bonchev–Trinajstić information content (AvgIpc) is 3.14. The van der Waals surface area contributed by atoms with E-state index in [-0.39, 0.29) is 11.3 Å². The monoisotopic (exact) mass is 373 g/mol. The van der Waals surface area contributed by atoms with E-state index in [4.69, 9.17) is 11.6 Å². The number of rotatable bonds is 3. The molecule has 4 rings (SSSR count). The van der Waals surface area contributed by atoms with Crippen LogP contribution in [0, 0.1) is 0 Å². The van der Waals surface area contributed by atoms with Crippen molar-refractivity contribution in [2.45, 2.75) is 19.5 Å². The van der Waals surface area contributed by atoms with Gasteiger partial charge in [-0.15, -0.1) is 11.3 Å². The third-order valence-corrected chi connectivity index (χ3v) is 5.67. The van der Waals surface area contributed by atoms with Crippen molar-refractivity contribution in [1.29, 1.82) is 0 Å². The van der Waals surface area contributed by atoms with E-state index in [1.54, 1.807) is 23.5 Å². The van der Waals surface area contributed by atoms with Crippen LogP contribution in [0.3, 0.4) is 0 Å². The summed E-state index contributed by atoms with van der Waals surface area (Å²) in [6.45, 7) is 1.90. The summed E-state index contributed by atoms with van der Waals surface area (Å²) in [4.78, 5) is 23.2. The summed E-state index contributed by atoms with van der Waals surface area (Å²) in [5.74, 6) is 0.722. The van der Waals surface area contributed by atoms with Gasteiger partial charge in [0.05, 0.1) is 21.2 Å². The number of fused-ring (bicyclic) bond motifs is 1. The minimum Gasteiger partial charge on any atom is -0.506 e. The van der Waals surface area contributed by atoms with Crippen molar-refractivity contribution in [2.75, 3.05) is 6.54 Å². The van der Waals surface area contributed by atoms with E-state index < -0.39 is 0 Å². The molecule has 0 bridgehead atoms. The van der Waals surface area contributed by atoms with E-state index in [0.29, 0.717) is 35.9 Å². The van der Waals surface area contributed by atoms with E-state index in [2.05, 4.69) is 14.9 Å². The lowest BCUT2D eigenvalue weighted by atomic mass is 10.1. The number of aromatic nitrogens is 2. The van der Waals surface area contributed by atoms with E-state index in [1.807, 2.05) is 23.6 Å². The van der Waals surface area contributed by atoms with Crippen LogP contribution in [0.5, 0.6) is 5.75 Å². The molecule has 0 amide bonds. The number of hydrogen-bond donors (Lipinski definition) is 2. The molecule has 2 N–H and O–H groups in total. The molecule has 0 unspecified atom stereocenters. The SMILES string of the molecule is O=c1[nH]c(-c2cccs2)nc2c1CN(Cc1cccc(O)c1Cl)CC2. The molecule has 25 heavy (non-hydrogen) atoms. The Morgan fingerprint density at radius 2 is 2.20 bits per heavy atom. The van der Waals surface area contributed by atoms with Gasteiger partial charge in [0.1, 0.15) is 5.75 Å². The normalized spacial score (nSPS) is 14.4. The van der Waals surface area contributed by atoms with Crippen molar-refractivity contribution in [1.82, 2.24) is 14.9 Å². The summed E-state index contributed by atoms with van der Waals surface area (Å²) in [5, 5.41) is 12.1. The van der Waals surface area contributed by atoms with Crippen LogP contribution < -0.4 is 5.56 Å². The Morgan fingerprint density at radius 1 is 1.32 bits per heavy atom. The number of H-pyrrole nitrogens is 1. The maximum Gasteiger partial charge on any atom is 0.255 e. The zero-order chi connectivity index (χ0) is 17.4. The molecule has 0 aliphatic carbocycles. The first kappa shape index (κ1) is 16.3. The second kappa shape index (κ2) is 6.63. The molecule has 1 aliphatic rings. The molecule has 128 valence electrons. The highest BCUT2D eigenvalue weighted by atomic mass is 35.5. The van der Waals surface area contributed by atoms with Crippen molar-refractivity contribution >= 4 is 22.9 Å². The minimum atomic E-state index is -0.0832. The number of phenols is 1. The minimum absolute atomic E-state index is 0.0803. The van der Waals surface area contributed by atoms with Crippen LogP contribution in [-0.4, -0.2) is 26.5 Å². The van der Waals surface area contributed by atoms with Crippen LogP contribution >= 0.6 is 22.9 Å². The topological polar surface area (TPSA) is 69.2 Å². The predicted octanol–water partition coefficient (Wildman–Crippen LogP) is 3.42. The predicted molar refractivity (Wildman–Crippen MR) is 99.1 cm³/mol. The van der Waals surface area contributed by atoms with Gasteiger partial charge in [0.25, 0.3) is 5.56 Å². The van der Waals surface area contributed by atoms with Gasteiger partial charge in [0, 0.05) is 26.1 Å². The van der Waals surface area contributed by atoms with Crippen molar-refractivity contribution in [3.8, 4) is 16.5 Å². The summed E-state index contributed by atoms with van der Waals surface area (Å²) in [5.41, 5.74) is 2.35. The molecule has 0 spiro atoms. The molecular weight excluding hydrogens is 358 g/mol. The molecule has 2 aromatic heterocycles. The molecule has 0 atom stereocenters. The molecular formula is C18H16ClN3O2S. The fourth-order valence-electron chi connectivity index (χ4n) is 3.08. The van der Waals surface area contributed by atoms with Gasteiger partial charge < -0.3 is 10.1 Å². The maximum absolute atomic E-state index is 12.5. The summed E-state index contributed by atoms with van der Waals surface area (Å²) in [6, 6.07) is 9.13. The highest BCUT2D eigenvalue weighted by molar-refractivity contribution is 7.13. The van der Waals surface area contributed by atoms with Crippen LogP contribution in [0.25, 0.3) is 10.7 Å². The second-order valence-corrected chi connectivity index (χ2v) is 7.35. The third-order valence-electron chi connectivity index (χ3n) is 4.35. The summed E-state index contributed by atoms with van der Waals surface area (Å²) in [7, 11) is 0. The standard InChI is InChI=1S/C18H16ClN3O2S/c19-16-11(3-1-4-14(16)23)9-22-7-6-13-12(10-22)18(24)21-17(20-13)15-5-2-8-25-15/h1-5,8,23H,6-7,9-10H2,(H,20,21,24). The molecule has 3 aromatic rings. The first-order valence-electron chi connectivity index (χ1n) is 7.96. The van der Waals surface area contributed by atoms with Crippen molar-refractivity contribution < 1.29 is 5.11 Å². The van der Waals surface area contributed by atoms with Crippen LogP contribution in [0.2, 0.25) is 5.02 Å². The van der Waals surface area contributed by atoms with Crippen LogP contribution in [0.4, 0.5) is 0 Å². The van der Waals surface area contributed by atoms with Gasteiger partial charge in [0.2, 0.25) is 0 Å². The molecule has 1 aliphatic heterocycles. The highest BCUT2D eigenvalue weighted by Gasteiger charge is 2.22. The van der Waals surface area contributed by atoms with Gasteiger partial charge in [-0.05, 0) is 23.1 Å². The van der Waals surface area contributed by atoms with Crippen molar-refractivity contribution in [2.24, 2.45) is 0 Å². The molecule has 0 fully saturated rings. The fourth-order valence-corrected chi connectivity index (χ4v) is 3.93. The Morgan fingerprint density at radius 3 is 3.00 bits per heavy atom. The quantitative estimate of drug-likeness (QED) is 0.738. The lowest BCUT2D eigenvalue weighted by molar-refractivity contribution is 0.241. The zero-order valence-corrected chi connectivity index (χ0v) is 14.9. The smallest absolute Gasteiger partial charge is 0.255 e. The largest absolute Gasteiger partial charge is 0.506 e. The number of phenolic OH excluding ortho intramolecular Hbond substituents is 1. The van der Waals surface area contributed by atoms with Crippen LogP contribution in [0.15, 0.2) is 40.5 Å². The number of thiophene rings is 1. The summed E-state index contributed by atoms with van der Waals surface area (Å²) >= 11 is 7.73. The van der Waals surface area contributed by atoms with Crippen LogP contribution in [0.1, 0.15) is 16.8 Å². The Kier molecular flexibility index (Phi) is 4.33. The number of nitrogens with zero attached hydrogens (tertiary/aromatic N) is 2. The summed E-state index contributed by atoms with van der Waals surface area (Å²) in [6.07, 6.45) is 0.716. The lowest BCUT2D eigenvalue weighted by Crippen LogP contribution is -2.35. The third kappa shape index (κ3) is 3.20. The second-order valence-electron chi connectivity index (χ2n) is 6.03.